The molecule has 1 aliphatic rings. The van der Waals surface area contributed by atoms with Gasteiger partial charge >= 0.3 is 0 Å². The third kappa shape index (κ3) is 4.02. The van der Waals surface area contributed by atoms with Gasteiger partial charge < -0.3 is 10.2 Å². The van der Waals surface area contributed by atoms with E-state index < -0.39 is 0 Å². The molecule has 0 radical (unpaired) electrons. The maximum Gasteiger partial charge on any atom is 0.225 e. The molecule has 3 heterocycles. The SMILES string of the molecule is O=C(NCc1ccc(F)cc1)[C@@H]1CCCN(c2cnc3nccnc3c2)C1. The number of nitrogens with zero attached hydrogens (tertiary/aromatic N) is 4. The van der Waals surface area contributed by atoms with Crippen molar-refractivity contribution in [1.82, 2.24) is 20.3 Å². The highest BCUT2D eigenvalue weighted by Gasteiger charge is 2.26. The number of piperidine rings is 1. The lowest BCUT2D eigenvalue weighted by molar-refractivity contribution is -0.125. The van der Waals surface area contributed by atoms with Crippen molar-refractivity contribution >= 4 is 22.8 Å². The summed E-state index contributed by atoms with van der Waals surface area (Å²) in [5.74, 6) is -0.337. The average molecular weight is 365 g/mol. The second-order valence-electron chi connectivity index (χ2n) is 6.72. The van der Waals surface area contributed by atoms with Crippen molar-refractivity contribution in [3.05, 3.63) is 60.3 Å². The van der Waals surface area contributed by atoms with E-state index in [1.807, 2.05) is 6.07 Å². The number of carbonyl (C=O) groups excluding carboxylic acids is 1. The number of hydrogen-bond acceptors (Lipinski definition) is 5. The first-order valence-electron chi connectivity index (χ1n) is 9.03. The molecule has 1 saturated heterocycles. The first-order chi connectivity index (χ1) is 13.2. The molecule has 6 nitrogen and oxygen atoms in total. The van der Waals surface area contributed by atoms with E-state index in [1.165, 1.54) is 12.1 Å². The van der Waals surface area contributed by atoms with E-state index in [0.29, 0.717) is 18.7 Å². The number of amides is 1. The third-order valence-electron chi connectivity index (χ3n) is 4.85. The van der Waals surface area contributed by atoms with Crippen LogP contribution < -0.4 is 10.2 Å². The van der Waals surface area contributed by atoms with Gasteiger partial charge in [0.25, 0.3) is 0 Å². The van der Waals surface area contributed by atoms with Crippen LogP contribution in [0.1, 0.15) is 18.4 Å². The van der Waals surface area contributed by atoms with Crippen LogP contribution in [0.15, 0.2) is 48.9 Å². The number of fused-ring (bicyclic) bond motifs is 1. The maximum absolute atomic E-state index is 13.0. The second kappa shape index (κ2) is 7.65. The summed E-state index contributed by atoms with van der Waals surface area (Å²) in [6.45, 7) is 1.93. The molecule has 0 aliphatic carbocycles. The van der Waals surface area contributed by atoms with Gasteiger partial charge in [0.1, 0.15) is 11.3 Å². The standard InChI is InChI=1S/C20H20FN5O/c21-16-5-3-14(4-6-16)11-25-20(27)15-2-1-9-26(13-15)17-10-18-19(24-12-17)23-8-7-22-18/h3-8,10,12,15H,1-2,9,11,13H2,(H,25,27)/t15-/m1/s1. The fourth-order valence-electron chi connectivity index (χ4n) is 3.38. The van der Waals surface area contributed by atoms with Crippen molar-refractivity contribution < 1.29 is 9.18 Å². The Bertz CT molecular complexity index is 947. The molecular weight excluding hydrogens is 345 g/mol. The quantitative estimate of drug-likeness (QED) is 0.770. The highest BCUT2D eigenvalue weighted by molar-refractivity contribution is 5.80. The van der Waals surface area contributed by atoms with Gasteiger partial charge in [0.05, 0.1) is 17.8 Å². The van der Waals surface area contributed by atoms with Crippen LogP contribution in [0.4, 0.5) is 10.1 Å². The van der Waals surface area contributed by atoms with E-state index in [0.717, 1.165) is 36.2 Å². The summed E-state index contributed by atoms with van der Waals surface area (Å²) in [4.78, 5) is 27.6. The van der Waals surface area contributed by atoms with Gasteiger partial charge in [-0.05, 0) is 36.6 Å². The molecule has 0 spiro atoms. The van der Waals surface area contributed by atoms with Crippen molar-refractivity contribution in [3.63, 3.8) is 0 Å². The number of pyridine rings is 1. The Morgan fingerprint density at radius 2 is 2.00 bits per heavy atom. The number of halogens is 1. The zero-order valence-corrected chi connectivity index (χ0v) is 14.8. The van der Waals surface area contributed by atoms with Crippen LogP contribution >= 0.6 is 0 Å². The zero-order valence-electron chi connectivity index (χ0n) is 14.8. The lowest BCUT2D eigenvalue weighted by Crippen LogP contribution is -2.43. The molecular formula is C20H20FN5O. The van der Waals surface area contributed by atoms with Gasteiger partial charge in [-0.3, -0.25) is 9.78 Å². The van der Waals surface area contributed by atoms with Gasteiger partial charge in [-0.25, -0.2) is 14.4 Å². The van der Waals surface area contributed by atoms with Gasteiger partial charge in [-0.1, -0.05) is 12.1 Å². The molecule has 2 aromatic heterocycles. The van der Waals surface area contributed by atoms with Crippen LogP contribution in [0, 0.1) is 11.7 Å². The van der Waals surface area contributed by atoms with E-state index in [-0.39, 0.29) is 17.6 Å². The summed E-state index contributed by atoms with van der Waals surface area (Å²) >= 11 is 0. The summed E-state index contributed by atoms with van der Waals surface area (Å²) in [5.41, 5.74) is 3.21. The second-order valence-corrected chi connectivity index (χ2v) is 6.72. The molecule has 1 atom stereocenters. The highest BCUT2D eigenvalue weighted by atomic mass is 19.1. The topological polar surface area (TPSA) is 71.0 Å². The zero-order chi connectivity index (χ0) is 18.6. The molecule has 1 N–H and O–H groups in total. The first kappa shape index (κ1) is 17.3. The molecule has 1 amide bonds. The molecule has 0 saturated carbocycles. The van der Waals surface area contributed by atoms with Crippen LogP contribution in [0.25, 0.3) is 11.2 Å². The summed E-state index contributed by atoms with van der Waals surface area (Å²) in [6.07, 6.45) is 6.85. The number of benzene rings is 1. The van der Waals surface area contributed by atoms with E-state index in [9.17, 15) is 9.18 Å². The molecule has 1 aromatic carbocycles. The van der Waals surface area contributed by atoms with Crippen molar-refractivity contribution in [2.75, 3.05) is 18.0 Å². The van der Waals surface area contributed by atoms with Crippen molar-refractivity contribution in [1.29, 1.82) is 0 Å². The van der Waals surface area contributed by atoms with Gasteiger partial charge in [-0.2, -0.15) is 0 Å². The fraction of sp³-hybridized carbons (Fsp3) is 0.300. The Labute approximate surface area is 156 Å². The molecule has 1 aliphatic heterocycles. The van der Waals surface area contributed by atoms with Crippen molar-refractivity contribution in [3.8, 4) is 0 Å². The Hall–Kier alpha value is -3.09. The number of rotatable bonds is 4. The smallest absolute Gasteiger partial charge is 0.225 e. The van der Waals surface area contributed by atoms with E-state index >= 15 is 0 Å². The maximum atomic E-state index is 13.0. The summed E-state index contributed by atoms with van der Waals surface area (Å²) < 4.78 is 13.0. The fourth-order valence-corrected chi connectivity index (χ4v) is 3.38. The molecule has 7 heteroatoms. The van der Waals surface area contributed by atoms with E-state index in [1.54, 1.807) is 30.7 Å². The Morgan fingerprint density at radius 3 is 2.85 bits per heavy atom. The van der Waals surface area contributed by atoms with Crippen LogP contribution in [-0.2, 0) is 11.3 Å². The van der Waals surface area contributed by atoms with Crippen LogP contribution in [0.2, 0.25) is 0 Å². The molecule has 138 valence electrons. The number of nitrogens with one attached hydrogen (secondary N) is 1. The normalized spacial score (nSPS) is 17.1. The molecule has 27 heavy (non-hydrogen) atoms. The lowest BCUT2D eigenvalue weighted by atomic mass is 9.96. The van der Waals surface area contributed by atoms with E-state index in [2.05, 4.69) is 25.2 Å². The number of carbonyl (C=O) groups is 1. The monoisotopic (exact) mass is 365 g/mol. The largest absolute Gasteiger partial charge is 0.369 e. The lowest BCUT2D eigenvalue weighted by Gasteiger charge is -2.33. The molecule has 1 fully saturated rings. The molecule has 3 aromatic rings. The van der Waals surface area contributed by atoms with Crippen LogP contribution in [0.5, 0.6) is 0 Å². The highest BCUT2D eigenvalue weighted by Crippen LogP contribution is 2.24. The van der Waals surface area contributed by atoms with Crippen LogP contribution in [0.3, 0.4) is 0 Å². The predicted octanol–water partition coefficient (Wildman–Crippen LogP) is 2.70. The van der Waals surface area contributed by atoms with Gasteiger partial charge in [0, 0.05) is 32.0 Å². The molecule has 0 bridgehead atoms. The molecule has 0 unspecified atom stereocenters. The van der Waals surface area contributed by atoms with E-state index in [4.69, 9.17) is 0 Å². The minimum Gasteiger partial charge on any atom is -0.369 e. The third-order valence-corrected chi connectivity index (χ3v) is 4.85. The summed E-state index contributed by atoms with van der Waals surface area (Å²) in [5, 5.41) is 2.96. The Kier molecular flexibility index (Phi) is 4.91. The van der Waals surface area contributed by atoms with Crippen molar-refractivity contribution in [2.45, 2.75) is 19.4 Å². The van der Waals surface area contributed by atoms with Crippen LogP contribution in [-0.4, -0.2) is 33.9 Å². The van der Waals surface area contributed by atoms with Crippen molar-refractivity contribution in [2.24, 2.45) is 5.92 Å². The summed E-state index contributed by atoms with van der Waals surface area (Å²) in [6, 6.07) is 8.14. The number of hydrogen-bond donors (Lipinski definition) is 1. The first-order valence-corrected chi connectivity index (χ1v) is 9.03. The van der Waals surface area contributed by atoms with Gasteiger partial charge in [0.15, 0.2) is 5.65 Å². The predicted molar refractivity (Wildman–Crippen MR) is 101 cm³/mol. The Balaban J connectivity index is 1.40. The minimum absolute atomic E-state index is 0.0255. The summed E-state index contributed by atoms with van der Waals surface area (Å²) in [7, 11) is 0. The minimum atomic E-state index is -0.276. The number of anilines is 1. The number of aromatic nitrogens is 3. The molecule has 4 rings (SSSR count). The Morgan fingerprint density at radius 1 is 1.19 bits per heavy atom. The van der Waals surface area contributed by atoms with Gasteiger partial charge in [0.2, 0.25) is 5.91 Å². The average Bonchev–Trinajstić information content (AvgIpc) is 2.73. The van der Waals surface area contributed by atoms with Gasteiger partial charge in [-0.15, -0.1) is 0 Å².